The first-order valence-corrected chi connectivity index (χ1v) is 10.3. The Morgan fingerprint density at radius 1 is 1.13 bits per heavy atom. The maximum atomic E-state index is 12.3. The first-order valence-electron chi connectivity index (χ1n) is 10.3. The van der Waals surface area contributed by atoms with Crippen molar-refractivity contribution in [2.75, 3.05) is 30.4 Å². The second kappa shape index (κ2) is 10.6. The fourth-order valence-electron chi connectivity index (χ4n) is 3.10. The average molecular weight is 412 g/mol. The molecule has 0 aliphatic carbocycles. The van der Waals surface area contributed by atoms with Crippen LogP contribution in [0.1, 0.15) is 37.0 Å². The zero-order valence-corrected chi connectivity index (χ0v) is 17.4. The summed E-state index contributed by atoms with van der Waals surface area (Å²) in [4.78, 5) is 24.2. The lowest BCUT2D eigenvalue weighted by Gasteiger charge is -2.13. The minimum absolute atomic E-state index is 0.0824. The van der Waals surface area contributed by atoms with Gasteiger partial charge in [0.2, 0.25) is 5.91 Å². The standard InChI is InChI=1S/C23H29N3O4/c1-16(2)25-23(28)17-8-10-18(11-9-17)24-14-22(27)26-19-5-3-6-20(13-19)30-15-21-7-4-12-29-21/h3,5-6,8-11,13,16,21,24H,4,7,12,14-15H2,1-2H3,(H,25,28)(H,26,27). The van der Waals surface area contributed by atoms with E-state index >= 15 is 0 Å². The van der Waals surface area contributed by atoms with Crippen molar-refractivity contribution in [2.45, 2.75) is 38.8 Å². The van der Waals surface area contributed by atoms with E-state index in [-0.39, 0.29) is 30.5 Å². The van der Waals surface area contributed by atoms with Crippen LogP contribution in [0.4, 0.5) is 11.4 Å². The normalized spacial score (nSPS) is 15.6. The van der Waals surface area contributed by atoms with Crippen LogP contribution < -0.4 is 20.7 Å². The van der Waals surface area contributed by atoms with Crippen LogP contribution >= 0.6 is 0 Å². The fraction of sp³-hybridized carbons (Fsp3) is 0.391. The predicted molar refractivity (Wildman–Crippen MR) is 117 cm³/mol. The molecule has 1 aliphatic heterocycles. The molecular weight excluding hydrogens is 382 g/mol. The molecule has 1 heterocycles. The van der Waals surface area contributed by atoms with Crippen LogP contribution in [0.3, 0.4) is 0 Å². The number of hydrogen-bond acceptors (Lipinski definition) is 5. The topological polar surface area (TPSA) is 88.7 Å². The summed E-state index contributed by atoms with van der Waals surface area (Å²) >= 11 is 0. The van der Waals surface area contributed by atoms with Crippen LogP contribution in [0.25, 0.3) is 0 Å². The Kier molecular flexibility index (Phi) is 7.68. The van der Waals surface area contributed by atoms with Crippen LogP contribution in [-0.4, -0.2) is 43.7 Å². The molecule has 3 rings (SSSR count). The molecule has 0 spiro atoms. The van der Waals surface area contributed by atoms with E-state index in [2.05, 4.69) is 16.0 Å². The van der Waals surface area contributed by atoms with Gasteiger partial charge < -0.3 is 25.4 Å². The van der Waals surface area contributed by atoms with Crippen LogP contribution in [0.2, 0.25) is 0 Å². The molecule has 1 saturated heterocycles. The molecule has 0 radical (unpaired) electrons. The summed E-state index contributed by atoms with van der Waals surface area (Å²) in [5.74, 6) is 0.412. The zero-order chi connectivity index (χ0) is 21.3. The Labute approximate surface area is 177 Å². The molecule has 30 heavy (non-hydrogen) atoms. The minimum atomic E-state index is -0.173. The molecule has 7 heteroatoms. The number of carbonyl (C=O) groups is 2. The van der Waals surface area contributed by atoms with Gasteiger partial charge >= 0.3 is 0 Å². The van der Waals surface area contributed by atoms with Gasteiger partial charge in [-0.05, 0) is 63.1 Å². The summed E-state index contributed by atoms with van der Waals surface area (Å²) in [7, 11) is 0. The molecule has 2 aromatic rings. The van der Waals surface area contributed by atoms with Gasteiger partial charge in [-0.25, -0.2) is 0 Å². The quantitative estimate of drug-likeness (QED) is 0.588. The molecule has 2 amide bonds. The Hall–Kier alpha value is -3.06. The van der Waals surface area contributed by atoms with Crippen molar-refractivity contribution in [3.63, 3.8) is 0 Å². The van der Waals surface area contributed by atoms with Crippen LogP contribution in [-0.2, 0) is 9.53 Å². The largest absolute Gasteiger partial charge is 0.491 e. The molecular formula is C23H29N3O4. The van der Waals surface area contributed by atoms with Crippen molar-refractivity contribution in [3.05, 3.63) is 54.1 Å². The van der Waals surface area contributed by atoms with Gasteiger partial charge in [0.05, 0.1) is 12.6 Å². The number of anilines is 2. The van der Waals surface area contributed by atoms with Crippen LogP contribution in [0, 0.1) is 0 Å². The zero-order valence-electron chi connectivity index (χ0n) is 17.4. The van der Waals surface area contributed by atoms with Gasteiger partial charge in [-0.2, -0.15) is 0 Å². The highest BCUT2D eigenvalue weighted by atomic mass is 16.5. The number of hydrogen-bond donors (Lipinski definition) is 3. The van der Waals surface area contributed by atoms with Crippen molar-refractivity contribution in [1.29, 1.82) is 0 Å². The maximum absolute atomic E-state index is 12.3. The number of carbonyl (C=O) groups excluding carboxylic acids is 2. The number of ether oxygens (including phenoxy) is 2. The van der Waals surface area contributed by atoms with Gasteiger partial charge in [0.1, 0.15) is 12.4 Å². The molecule has 7 nitrogen and oxygen atoms in total. The van der Waals surface area contributed by atoms with Gasteiger partial charge in [-0.1, -0.05) is 6.07 Å². The molecule has 1 aliphatic rings. The highest BCUT2D eigenvalue weighted by Gasteiger charge is 2.16. The summed E-state index contributed by atoms with van der Waals surface area (Å²) in [6.07, 6.45) is 2.24. The van der Waals surface area contributed by atoms with Crippen LogP contribution in [0.15, 0.2) is 48.5 Å². The summed E-state index contributed by atoms with van der Waals surface area (Å²) < 4.78 is 11.3. The second-order valence-corrected chi connectivity index (χ2v) is 7.58. The Morgan fingerprint density at radius 3 is 2.63 bits per heavy atom. The first-order chi connectivity index (χ1) is 14.5. The van der Waals surface area contributed by atoms with Crippen molar-refractivity contribution < 1.29 is 19.1 Å². The second-order valence-electron chi connectivity index (χ2n) is 7.58. The number of rotatable bonds is 9. The van der Waals surface area contributed by atoms with E-state index in [1.807, 2.05) is 32.0 Å². The first kappa shape index (κ1) is 21.6. The number of nitrogens with one attached hydrogen (secondary N) is 3. The van der Waals surface area contributed by atoms with Gasteiger partial charge in [0.15, 0.2) is 0 Å². The minimum Gasteiger partial charge on any atom is -0.491 e. The highest BCUT2D eigenvalue weighted by Crippen LogP contribution is 2.20. The van der Waals surface area contributed by atoms with Gasteiger partial charge in [-0.15, -0.1) is 0 Å². The monoisotopic (exact) mass is 411 g/mol. The summed E-state index contributed by atoms with van der Waals surface area (Å²) in [5.41, 5.74) is 2.02. The van der Waals surface area contributed by atoms with Crippen molar-refractivity contribution in [2.24, 2.45) is 0 Å². The van der Waals surface area contributed by atoms with Crippen molar-refractivity contribution in [3.8, 4) is 5.75 Å². The molecule has 1 atom stereocenters. The van der Waals surface area contributed by atoms with Crippen LogP contribution in [0.5, 0.6) is 5.75 Å². The van der Waals surface area contributed by atoms with E-state index in [1.165, 1.54) is 0 Å². The van der Waals surface area contributed by atoms with E-state index in [9.17, 15) is 9.59 Å². The summed E-state index contributed by atoms with van der Waals surface area (Å²) in [6, 6.07) is 14.4. The van der Waals surface area contributed by atoms with E-state index in [4.69, 9.17) is 9.47 Å². The van der Waals surface area contributed by atoms with Gasteiger partial charge in [-0.3, -0.25) is 9.59 Å². The number of amides is 2. The lowest BCUT2D eigenvalue weighted by Crippen LogP contribution is -2.30. The molecule has 0 bridgehead atoms. The molecule has 3 N–H and O–H groups in total. The maximum Gasteiger partial charge on any atom is 0.251 e. The third-order valence-corrected chi connectivity index (χ3v) is 4.60. The van der Waals surface area contributed by atoms with Gasteiger partial charge in [0.25, 0.3) is 5.91 Å². The highest BCUT2D eigenvalue weighted by molar-refractivity contribution is 5.95. The molecule has 160 valence electrons. The Bertz CT molecular complexity index is 846. The Balaban J connectivity index is 1.45. The van der Waals surface area contributed by atoms with E-state index in [0.29, 0.717) is 23.6 Å². The molecule has 1 unspecified atom stereocenters. The third-order valence-electron chi connectivity index (χ3n) is 4.60. The van der Waals surface area contributed by atoms with E-state index < -0.39 is 0 Å². The summed E-state index contributed by atoms with van der Waals surface area (Å²) in [6.45, 7) is 5.25. The average Bonchev–Trinajstić information content (AvgIpc) is 3.25. The lowest BCUT2D eigenvalue weighted by atomic mass is 10.2. The molecule has 0 aromatic heterocycles. The lowest BCUT2D eigenvalue weighted by molar-refractivity contribution is -0.114. The van der Waals surface area contributed by atoms with E-state index in [1.54, 1.807) is 30.3 Å². The van der Waals surface area contributed by atoms with E-state index in [0.717, 1.165) is 25.1 Å². The smallest absolute Gasteiger partial charge is 0.251 e. The van der Waals surface area contributed by atoms with Crippen molar-refractivity contribution in [1.82, 2.24) is 5.32 Å². The molecule has 0 saturated carbocycles. The van der Waals surface area contributed by atoms with Crippen molar-refractivity contribution >= 4 is 23.2 Å². The predicted octanol–water partition coefficient (Wildman–Crippen LogP) is 3.43. The Morgan fingerprint density at radius 2 is 1.93 bits per heavy atom. The molecule has 2 aromatic carbocycles. The third kappa shape index (κ3) is 6.77. The number of benzene rings is 2. The molecule has 1 fully saturated rings. The summed E-state index contributed by atoms with van der Waals surface area (Å²) in [5, 5.41) is 8.76. The van der Waals surface area contributed by atoms with Gasteiger partial charge in [0, 0.05) is 35.7 Å². The fourth-order valence-corrected chi connectivity index (χ4v) is 3.10. The SMILES string of the molecule is CC(C)NC(=O)c1ccc(NCC(=O)Nc2cccc(OCC3CCCO3)c2)cc1.